The molecule has 0 spiro atoms. The van der Waals surface area contributed by atoms with Crippen LogP contribution in [0.5, 0.6) is 0 Å². The largest absolute Gasteiger partial charge is 0.444 e. The van der Waals surface area contributed by atoms with Gasteiger partial charge in [-0.25, -0.2) is 9.69 Å². The number of carbonyl (C=O) groups is 1. The van der Waals surface area contributed by atoms with Crippen LogP contribution < -0.4 is 0 Å². The Morgan fingerprint density at radius 2 is 1.58 bits per heavy atom. The first-order valence-corrected chi connectivity index (χ1v) is 10.2. The van der Waals surface area contributed by atoms with Crippen molar-refractivity contribution >= 4 is 18.1 Å². The van der Waals surface area contributed by atoms with E-state index in [2.05, 4.69) is 0 Å². The molecule has 5 nitrogen and oxygen atoms in total. The van der Waals surface area contributed by atoms with E-state index in [4.69, 9.17) is 10.1 Å². The van der Waals surface area contributed by atoms with E-state index < -0.39 is 6.09 Å². The minimum Gasteiger partial charge on any atom is -0.444 e. The van der Waals surface area contributed by atoms with Crippen LogP contribution in [-0.4, -0.2) is 28.9 Å². The second kappa shape index (κ2) is 8.88. The number of amides is 1. The Hall–Kier alpha value is -3.86. The summed E-state index contributed by atoms with van der Waals surface area (Å²) < 4.78 is 5.58. The molecule has 1 heterocycles. The second-order valence-corrected chi connectivity index (χ2v) is 7.60. The van der Waals surface area contributed by atoms with Crippen molar-refractivity contribution in [2.24, 2.45) is 0 Å². The van der Waals surface area contributed by atoms with Gasteiger partial charge >= 0.3 is 6.09 Å². The van der Waals surface area contributed by atoms with E-state index in [9.17, 15) is 4.79 Å². The monoisotopic (exact) mass is 411 g/mol. The molecule has 1 atom stereocenters. The third-order valence-electron chi connectivity index (χ3n) is 5.37. The Morgan fingerprint density at radius 1 is 0.968 bits per heavy atom. The van der Waals surface area contributed by atoms with Gasteiger partial charge in [-0.1, -0.05) is 90.5 Å². The Kier molecular flexibility index (Phi) is 5.85. The first kappa shape index (κ1) is 20.4. The number of hydrogen-bond donors (Lipinski definition) is 1. The first-order valence-electron chi connectivity index (χ1n) is 10.2. The number of rotatable bonds is 4. The molecular weight excluding hydrogens is 386 g/mol. The zero-order valence-electron chi connectivity index (χ0n) is 17.7. The highest BCUT2D eigenvalue weighted by Crippen LogP contribution is 2.38. The zero-order valence-corrected chi connectivity index (χ0v) is 17.7. The molecule has 3 aromatic rings. The lowest BCUT2D eigenvalue weighted by Crippen LogP contribution is -2.35. The Morgan fingerprint density at radius 3 is 2.23 bits per heavy atom. The molecule has 0 bridgehead atoms. The van der Waals surface area contributed by atoms with Gasteiger partial charge in [-0.15, -0.1) is 0 Å². The number of benzene rings is 3. The summed E-state index contributed by atoms with van der Waals surface area (Å²) in [5.41, 5.74) is 4.73. The molecule has 0 aliphatic carbocycles. The Labute approximate surface area is 182 Å². The maximum absolute atomic E-state index is 13.1. The van der Waals surface area contributed by atoms with E-state index >= 15 is 0 Å². The van der Waals surface area contributed by atoms with Crippen molar-refractivity contribution in [1.82, 2.24) is 9.80 Å². The highest BCUT2D eigenvalue weighted by Gasteiger charge is 2.42. The van der Waals surface area contributed by atoms with Crippen LogP contribution in [0.25, 0.3) is 6.08 Å². The van der Waals surface area contributed by atoms with Gasteiger partial charge in [0.1, 0.15) is 6.61 Å². The van der Waals surface area contributed by atoms with Gasteiger partial charge in [0, 0.05) is 7.05 Å². The molecule has 1 amide bonds. The normalized spacial score (nSPS) is 17.3. The predicted octanol–water partition coefficient (Wildman–Crippen LogP) is 5.60. The molecule has 31 heavy (non-hydrogen) atoms. The summed E-state index contributed by atoms with van der Waals surface area (Å²) in [6.45, 7) is 2.19. The number of hydrogen-bond acceptors (Lipinski definition) is 3. The molecule has 1 aliphatic rings. The number of likely N-dealkylation sites (N-methyl/N-ethyl adjacent to an activating group) is 1. The van der Waals surface area contributed by atoms with E-state index in [1.807, 2.05) is 105 Å². The van der Waals surface area contributed by atoms with Gasteiger partial charge < -0.3 is 9.64 Å². The number of guanidine groups is 1. The lowest BCUT2D eigenvalue weighted by Gasteiger charge is -2.20. The molecule has 1 saturated heterocycles. The Bertz CT molecular complexity index is 1090. The summed E-state index contributed by atoms with van der Waals surface area (Å²) >= 11 is 0. The Balaban J connectivity index is 1.69. The molecule has 1 N–H and O–H groups in total. The average Bonchev–Trinajstić information content (AvgIpc) is 3.04. The summed E-state index contributed by atoms with van der Waals surface area (Å²) in [7, 11) is 1.83. The second-order valence-electron chi connectivity index (χ2n) is 7.60. The van der Waals surface area contributed by atoms with E-state index in [0.717, 1.165) is 22.3 Å². The van der Waals surface area contributed by atoms with E-state index in [0.29, 0.717) is 5.70 Å². The molecule has 156 valence electrons. The smallest absolute Gasteiger partial charge is 0.421 e. The average molecular weight is 412 g/mol. The summed E-state index contributed by atoms with van der Waals surface area (Å²) in [5, 5.41) is 8.65. The molecule has 0 radical (unpaired) electrons. The third kappa shape index (κ3) is 4.36. The van der Waals surface area contributed by atoms with Crippen molar-refractivity contribution in [3.8, 4) is 0 Å². The molecular formula is C26H25N3O2. The van der Waals surface area contributed by atoms with Crippen molar-refractivity contribution in [1.29, 1.82) is 5.41 Å². The lowest BCUT2D eigenvalue weighted by molar-refractivity contribution is 0.123. The van der Waals surface area contributed by atoms with Crippen molar-refractivity contribution in [3.63, 3.8) is 0 Å². The number of aryl methyl sites for hydroxylation is 1. The van der Waals surface area contributed by atoms with E-state index in [1.165, 1.54) is 4.90 Å². The van der Waals surface area contributed by atoms with Crippen LogP contribution in [-0.2, 0) is 11.3 Å². The van der Waals surface area contributed by atoms with Gasteiger partial charge in [-0.3, -0.25) is 5.41 Å². The van der Waals surface area contributed by atoms with Gasteiger partial charge in [0.15, 0.2) is 0 Å². The highest BCUT2D eigenvalue weighted by atomic mass is 16.6. The van der Waals surface area contributed by atoms with Crippen molar-refractivity contribution < 1.29 is 9.53 Å². The van der Waals surface area contributed by atoms with E-state index in [1.54, 1.807) is 4.90 Å². The maximum Gasteiger partial charge on any atom is 0.421 e. The number of nitrogens with zero attached hydrogens (tertiary/aromatic N) is 2. The summed E-state index contributed by atoms with van der Waals surface area (Å²) in [6, 6.07) is 27.3. The lowest BCUT2D eigenvalue weighted by atomic mass is 10.0. The SMILES string of the molecule is Cc1ccc(C2/C(=C/c3ccccc3)N(C(=O)OCc3ccccc3)C(=N)N2C)cc1. The van der Waals surface area contributed by atoms with Crippen molar-refractivity contribution in [2.45, 2.75) is 19.6 Å². The van der Waals surface area contributed by atoms with Crippen LogP contribution in [0.1, 0.15) is 28.3 Å². The molecule has 0 aromatic heterocycles. The summed E-state index contributed by atoms with van der Waals surface area (Å²) in [6.07, 6.45) is 1.39. The van der Waals surface area contributed by atoms with Crippen molar-refractivity contribution in [3.05, 3.63) is 113 Å². The van der Waals surface area contributed by atoms with Gasteiger partial charge in [-0.2, -0.15) is 0 Å². The van der Waals surface area contributed by atoms with Crippen LogP contribution in [0, 0.1) is 12.3 Å². The molecule has 5 heteroatoms. The standard InChI is InChI=1S/C26H25N3O2/c1-19-13-15-22(16-14-19)24-23(17-20-9-5-3-6-10-20)29(25(27)28(24)2)26(30)31-18-21-11-7-4-8-12-21/h3-17,24,27H,18H2,1-2H3/b23-17-,27-25?. The molecule has 4 rings (SSSR count). The molecule has 3 aromatic carbocycles. The fourth-order valence-corrected chi connectivity index (χ4v) is 3.71. The first-order chi connectivity index (χ1) is 15.0. The van der Waals surface area contributed by atoms with Crippen LogP contribution in [0.2, 0.25) is 0 Å². The molecule has 1 unspecified atom stereocenters. The van der Waals surface area contributed by atoms with Crippen LogP contribution in [0.4, 0.5) is 4.79 Å². The maximum atomic E-state index is 13.1. The quantitative estimate of drug-likeness (QED) is 0.608. The van der Waals surface area contributed by atoms with Gasteiger partial charge in [-0.05, 0) is 29.7 Å². The minimum atomic E-state index is -0.558. The molecule has 0 saturated carbocycles. The summed E-state index contributed by atoms with van der Waals surface area (Å²) in [5.74, 6) is 0.0887. The minimum absolute atomic E-state index is 0.0887. The van der Waals surface area contributed by atoms with Crippen LogP contribution >= 0.6 is 0 Å². The van der Waals surface area contributed by atoms with E-state index in [-0.39, 0.29) is 18.6 Å². The number of carbonyl (C=O) groups excluding carboxylic acids is 1. The molecule has 1 fully saturated rings. The fourth-order valence-electron chi connectivity index (χ4n) is 3.71. The van der Waals surface area contributed by atoms with Gasteiger partial charge in [0.05, 0.1) is 11.7 Å². The van der Waals surface area contributed by atoms with Gasteiger partial charge in [0.25, 0.3) is 0 Å². The summed E-state index contributed by atoms with van der Waals surface area (Å²) in [4.78, 5) is 16.3. The highest BCUT2D eigenvalue weighted by molar-refractivity contribution is 5.98. The fraction of sp³-hybridized carbons (Fsp3) is 0.154. The molecule has 1 aliphatic heterocycles. The number of ether oxygens (including phenoxy) is 1. The predicted molar refractivity (Wildman–Crippen MR) is 122 cm³/mol. The van der Waals surface area contributed by atoms with Crippen molar-refractivity contribution in [2.75, 3.05) is 7.05 Å². The van der Waals surface area contributed by atoms with Crippen LogP contribution in [0.3, 0.4) is 0 Å². The number of nitrogens with one attached hydrogen (secondary N) is 1. The van der Waals surface area contributed by atoms with Gasteiger partial charge in [0.2, 0.25) is 5.96 Å². The topological polar surface area (TPSA) is 56.6 Å². The zero-order chi connectivity index (χ0) is 21.8. The van der Waals surface area contributed by atoms with Crippen LogP contribution in [0.15, 0.2) is 90.6 Å². The third-order valence-corrected chi connectivity index (χ3v) is 5.37.